The van der Waals surface area contributed by atoms with Crippen molar-refractivity contribution in [2.75, 3.05) is 37.6 Å². The van der Waals surface area contributed by atoms with E-state index in [4.69, 9.17) is 0 Å². The van der Waals surface area contributed by atoms with Crippen molar-refractivity contribution in [1.82, 2.24) is 4.90 Å². The maximum absolute atomic E-state index is 12.7. The number of hydrogen-bond acceptors (Lipinski definition) is 2. The standard InChI is InChI=1S/C15H19BrF3N2/c1-11(2)10-20-5-7-21(8-6-20)14-4-3-12(9-13(14)16)15(17,18)19/h3-4,9H,5-8,10H2,1-2H3. The van der Waals surface area contributed by atoms with Gasteiger partial charge in [0.15, 0.2) is 0 Å². The molecule has 1 heterocycles. The fourth-order valence-corrected chi connectivity index (χ4v) is 3.16. The van der Waals surface area contributed by atoms with Crippen LogP contribution in [0.4, 0.5) is 18.9 Å². The third-order valence-corrected chi connectivity index (χ3v) is 4.16. The second kappa shape index (κ2) is 6.57. The maximum atomic E-state index is 12.7. The van der Waals surface area contributed by atoms with Gasteiger partial charge in [-0.1, -0.05) is 13.8 Å². The molecular weight excluding hydrogens is 345 g/mol. The highest BCUT2D eigenvalue weighted by Gasteiger charge is 2.31. The van der Waals surface area contributed by atoms with Crippen LogP contribution in [0.15, 0.2) is 22.7 Å². The van der Waals surface area contributed by atoms with Gasteiger partial charge in [0.2, 0.25) is 0 Å². The normalized spacial score (nSPS) is 17.6. The Morgan fingerprint density at radius 1 is 1.14 bits per heavy atom. The highest BCUT2D eigenvalue weighted by molar-refractivity contribution is 9.10. The summed E-state index contributed by atoms with van der Waals surface area (Å²) in [7, 11) is 0. The molecule has 1 radical (unpaired) electrons. The molecule has 0 aromatic heterocycles. The summed E-state index contributed by atoms with van der Waals surface area (Å²) >= 11 is 3.27. The first-order chi connectivity index (χ1) is 9.77. The summed E-state index contributed by atoms with van der Waals surface area (Å²) in [6.45, 7) is 8.73. The highest BCUT2D eigenvalue weighted by Crippen LogP contribution is 2.35. The van der Waals surface area contributed by atoms with Crippen molar-refractivity contribution in [1.29, 1.82) is 0 Å². The topological polar surface area (TPSA) is 6.48 Å². The van der Waals surface area contributed by atoms with Crippen molar-refractivity contribution < 1.29 is 13.2 Å². The summed E-state index contributed by atoms with van der Waals surface area (Å²) in [5.74, 6) is 1.37. The van der Waals surface area contributed by atoms with Crippen molar-refractivity contribution in [2.45, 2.75) is 20.0 Å². The van der Waals surface area contributed by atoms with Crippen LogP contribution in [0.3, 0.4) is 0 Å². The van der Waals surface area contributed by atoms with Gasteiger partial charge in [-0.15, -0.1) is 0 Å². The molecule has 0 bridgehead atoms. The zero-order valence-corrected chi connectivity index (χ0v) is 13.8. The molecule has 0 unspecified atom stereocenters. The summed E-state index contributed by atoms with van der Waals surface area (Å²) < 4.78 is 38.5. The van der Waals surface area contributed by atoms with E-state index in [0.29, 0.717) is 4.47 Å². The largest absolute Gasteiger partial charge is 0.416 e. The average molecular weight is 364 g/mol. The molecule has 1 aromatic carbocycles. The van der Waals surface area contributed by atoms with E-state index < -0.39 is 11.7 Å². The molecule has 2 rings (SSSR count). The second-order valence-corrected chi connectivity index (χ2v) is 6.49. The summed E-state index contributed by atoms with van der Waals surface area (Å²) in [5, 5.41) is 0. The first-order valence-corrected chi connectivity index (χ1v) is 7.70. The number of halogens is 4. The molecule has 1 aliphatic heterocycles. The first-order valence-electron chi connectivity index (χ1n) is 6.90. The minimum atomic E-state index is -4.30. The maximum Gasteiger partial charge on any atom is 0.416 e. The van der Waals surface area contributed by atoms with Crippen LogP contribution in [0.2, 0.25) is 0 Å². The van der Waals surface area contributed by atoms with Crippen LogP contribution in [0, 0.1) is 5.92 Å². The predicted molar refractivity (Wildman–Crippen MR) is 82.4 cm³/mol. The molecule has 1 aromatic rings. The molecule has 0 aliphatic carbocycles. The molecule has 1 saturated heterocycles. The third kappa shape index (κ3) is 4.36. The molecule has 2 nitrogen and oxygen atoms in total. The van der Waals surface area contributed by atoms with E-state index >= 15 is 0 Å². The van der Waals surface area contributed by atoms with Crippen molar-refractivity contribution in [2.24, 2.45) is 0 Å². The van der Waals surface area contributed by atoms with Crippen LogP contribution in [0.1, 0.15) is 19.4 Å². The lowest BCUT2D eigenvalue weighted by Crippen LogP contribution is -2.47. The SMILES string of the molecule is C[C](C)CN1CCN(c2ccc(C(F)(F)F)cc2Br)CC1. The highest BCUT2D eigenvalue weighted by atomic mass is 79.9. The molecule has 0 atom stereocenters. The van der Waals surface area contributed by atoms with Crippen LogP contribution in [0.5, 0.6) is 0 Å². The molecular formula is C15H19BrF3N2. The minimum absolute atomic E-state index is 0.504. The number of anilines is 1. The van der Waals surface area contributed by atoms with Crippen molar-refractivity contribution in [3.63, 3.8) is 0 Å². The number of benzene rings is 1. The Bertz CT molecular complexity index is 480. The Balaban J connectivity index is 2.04. The number of hydrogen-bond donors (Lipinski definition) is 0. The van der Waals surface area contributed by atoms with Gasteiger partial charge in [0, 0.05) is 37.2 Å². The number of rotatable bonds is 3. The Kier molecular flexibility index (Phi) is 5.20. The van der Waals surface area contributed by atoms with E-state index in [1.54, 1.807) is 6.07 Å². The minimum Gasteiger partial charge on any atom is -0.368 e. The van der Waals surface area contributed by atoms with Gasteiger partial charge in [-0.05, 0) is 40.0 Å². The van der Waals surface area contributed by atoms with Gasteiger partial charge >= 0.3 is 6.18 Å². The second-order valence-electron chi connectivity index (χ2n) is 5.63. The van der Waals surface area contributed by atoms with E-state index in [-0.39, 0.29) is 0 Å². The zero-order valence-electron chi connectivity index (χ0n) is 12.2. The zero-order chi connectivity index (χ0) is 15.6. The molecule has 1 fully saturated rings. The Morgan fingerprint density at radius 3 is 2.24 bits per heavy atom. The van der Waals surface area contributed by atoms with Gasteiger partial charge in [0.1, 0.15) is 0 Å². The van der Waals surface area contributed by atoms with Gasteiger partial charge < -0.3 is 4.90 Å². The van der Waals surface area contributed by atoms with Gasteiger partial charge in [0.05, 0.1) is 11.3 Å². The predicted octanol–water partition coefficient (Wildman–Crippen LogP) is 4.20. The molecule has 1 aliphatic rings. The summed E-state index contributed by atoms with van der Waals surface area (Å²) in [5.41, 5.74) is 0.216. The van der Waals surface area contributed by atoms with Crippen molar-refractivity contribution in [3.05, 3.63) is 34.2 Å². The van der Waals surface area contributed by atoms with Gasteiger partial charge in [0.25, 0.3) is 0 Å². The van der Waals surface area contributed by atoms with Gasteiger partial charge in [-0.3, -0.25) is 4.90 Å². The van der Waals surface area contributed by atoms with E-state index in [2.05, 4.69) is 39.6 Å². The quantitative estimate of drug-likeness (QED) is 0.793. The smallest absolute Gasteiger partial charge is 0.368 e. The summed E-state index contributed by atoms with van der Waals surface area (Å²) in [4.78, 5) is 4.50. The molecule has 0 saturated carbocycles. The average Bonchev–Trinajstić information content (AvgIpc) is 2.38. The van der Waals surface area contributed by atoms with Crippen LogP contribution >= 0.6 is 15.9 Å². The van der Waals surface area contributed by atoms with E-state index in [0.717, 1.165) is 50.5 Å². The van der Waals surface area contributed by atoms with Crippen LogP contribution < -0.4 is 4.90 Å². The monoisotopic (exact) mass is 363 g/mol. The van der Waals surface area contributed by atoms with Crippen LogP contribution in [-0.2, 0) is 6.18 Å². The first kappa shape index (κ1) is 16.6. The lowest BCUT2D eigenvalue weighted by atomic mass is 10.1. The fourth-order valence-electron chi connectivity index (χ4n) is 2.53. The van der Waals surface area contributed by atoms with E-state index in [9.17, 15) is 13.2 Å². The van der Waals surface area contributed by atoms with Crippen molar-refractivity contribution >= 4 is 21.6 Å². The lowest BCUT2D eigenvalue weighted by Gasteiger charge is -2.37. The van der Waals surface area contributed by atoms with Crippen LogP contribution in [-0.4, -0.2) is 37.6 Å². The molecule has 0 spiro atoms. The molecule has 21 heavy (non-hydrogen) atoms. The summed E-state index contributed by atoms with van der Waals surface area (Å²) in [6.07, 6.45) is -4.30. The Morgan fingerprint density at radius 2 is 1.76 bits per heavy atom. The Hall–Kier alpha value is -0.750. The lowest BCUT2D eigenvalue weighted by molar-refractivity contribution is -0.137. The molecule has 0 N–H and O–H groups in total. The van der Waals surface area contributed by atoms with Gasteiger partial charge in [-0.25, -0.2) is 0 Å². The van der Waals surface area contributed by atoms with Crippen molar-refractivity contribution in [3.8, 4) is 0 Å². The molecule has 0 amide bonds. The molecule has 117 valence electrons. The van der Waals surface area contributed by atoms with Gasteiger partial charge in [-0.2, -0.15) is 13.2 Å². The van der Waals surface area contributed by atoms with E-state index in [1.807, 2.05) is 0 Å². The van der Waals surface area contributed by atoms with Crippen LogP contribution in [0.25, 0.3) is 0 Å². The Labute approximate surface area is 132 Å². The fraction of sp³-hybridized carbons (Fsp3) is 0.533. The number of nitrogens with zero attached hydrogens (tertiary/aromatic N) is 2. The number of piperazine rings is 1. The third-order valence-electron chi connectivity index (χ3n) is 3.53. The van der Waals surface area contributed by atoms with E-state index in [1.165, 1.54) is 5.92 Å². The summed E-state index contributed by atoms with van der Waals surface area (Å²) in [6, 6.07) is 3.86. The number of alkyl halides is 3. The molecule has 6 heteroatoms.